The maximum absolute atomic E-state index is 12.5. The van der Waals surface area contributed by atoms with Crippen LogP contribution in [0.2, 0.25) is 0 Å². The lowest BCUT2D eigenvalue weighted by Gasteiger charge is -2.26. The van der Waals surface area contributed by atoms with Crippen LogP contribution in [0.5, 0.6) is 0 Å². The quantitative estimate of drug-likeness (QED) is 0.835. The molecule has 1 N–H and O–H groups in total. The van der Waals surface area contributed by atoms with E-state index in [9.17, 15) is 14.7 Å². The van der Waals surface area contributed by atoms with Gasteiger partial charge in [-0.1, -0.05) is 44.2 Å². The van der Waals surface area contributed by atoms with Crippen LogP contribution in [-0.4, -0.2) is 34.5 Å². The molecule has 1 aromatic rings. The molecule has 1 aromatic carbocycles. The highest BCUT2D eigenvalue weighted by atomic mass is 16.3. The van der Waals surface area contributed by atoms with Crippen molar-refractivity contribution in [2.24, 2.45) is 5.92 Å². The van der Waals surface area contributed by atoms with Crippen LogP contribution < -0.4 is 0 Å². The largest absolute Gasteiger partial charge is 0.394 e. The first-order valence-electron chi connectivity index (χ1n) is 7.06. The number of imide groups is 1. The molecule has 1 fully saturated rings. The summed E-state index contributed by atoms with van der Waals surface area (Å²) in [6.07, 6.45) is 0.840. The molecule has 4 heteroatoms. The zero-order chi connectivity index (χ0) is 14.7. The van der Waals surface area contributed by atoms with Gasteiger partial charge in [0.15, 0.2) is 0 Å². The number of aliphatic hydroxyl groups is 1. The fourth-order valence-corrected chi connectivity index (χ4v) is 2.79. The Kier molecular flexibility index (Phi) is 4.55. The number of benzene rings is 1. The van der Waals surface area contributed by atoms with Gasteiger partial charge in [-0.25, -0.2) is 0 Å². The second-order valence-electron chi connectivity index (χ2n) is 5.74. The minimum Gasteiger partial charge on any atom is -0.394 e. The van der Waals surface area contributed by atoms with Crippen molar-refractivity contribution in [3.8, 4) is 0 Å². The van der Waals surface area contributed by atoms with Gasteiger partial charge >= 0.3 is 0 Å². The molecule has 2 unspecified atom stereocenters. The highest BCUT2D eigenvalue weighted by Crippen LogP contribution is 2.31. The van der Waals surface area contributed by atoms with E-state index in [1.165, 1.54) is 4.90 Å². The highest BCUT2D eigenvalue weighted by Gasteiger charge is 2.42. The van der Waals surface area contributed by atoms with Crippen molar-refractivity contribution in [2.75, 3.05) is 6.61 Å². The predicted molar refractivity (Wildman–Crippen MR) is 76.0 cm³/mol. The molecular formula is C16H21NO3. The van der Waals surface area contributed by atoms with Crippen molar-refractivity contribution in [1.82, 2.24) is 4.90 Å². The number of hydrogen-bond donors (Lipinski definition) is 1. The highest BCUT2D eigenvalue weighted by molar-refractivity contribution is 6.06. The molecule has 0 radical (unpaired) electrons. The van der Waals surface area contributed by atoms with Gasteiger partial charge in [0, 0.05) is 6.42 Å². The van der Waals surface area contributed by atoms with E-state index in [1.807, 2.05) is 44.2 Å². The van der Waals surface area contributed by atoms with Crippen molar-refractivity contribution in [3.05, 3.63) is 35.9 Å². The third-order valence-electron chi connectivity index (χ3n) is 3.70. The van der Waals surface area contributed by atoms with E-state index in [0.29, 0.717) is 12.3 Å². The Bertz CT molecular complexity index is 484. The first kappa shape index (κ1) is 14.7. The van der Waals surface area contributed by atoms with E-state index in [-0.39, 0.29) is 24.8 Å². The van der Waals surface area contributed by atoms with Crippen molar-refractivity contribution < 1.29 is 14.7 Å². The Morgan fingerprint density at radius 3 is 2.45 bits per heavy atom. The van der Waals surface area contributed by atoms with E-state index >= 15 is 0 Å². The summed E-state index contributed by atoms with van der Waals surface area (Å²) in [6, 6.07) is 8.97. The third kappa shape index (κ3) is 2.90. The van der Waals surface area contributed by atoms with Gasteiger partial charge in [0.25, 0.3) is 0 Å². The van der Waals surface area contributed by atoms with E-state index in [1.54, 1.807) is 0 Å². The zero-order valence-corrected chi connectivity index (χ0v) is 12.0. The fourth-order valence-electron chi connectivity index (χ4n) is 2.79. The fraction of sp³-hybridized carbons (Fsp3) is 0.500. The molecule has 1 aliphatic heterocycles. The number of hydrogen-bond acceptors (Lipinski definition) is 3. The molecule has 0 saturated carbocycles. The summed E-state index contributed by atoms with van der Waals surface area (Å²) >= 11 is 0. The lowest BCUT2D eigenvalue weighted by Crippen LogP contribution is -2.43. The summed E-state index contributed by atoms with van der Waals surface area (Å²) in [5, 5.41) is 9.48. The van der Waals surface area contributed by atoms with Crippen LogP contribution in [0.1, 0.15) is 38.2 Å². The van der Waals surface area contributed by atoms with Crippen LogP contribution in [0.25, 0.3) is 0 Å². The summed E-state index contributed by atoms with van der Waals surface area (Å²) in [4.78, 5) is 25.9. The van der Waals surface area contributed by atoms with Crippen LogP contribution in [0.4, 0.5) is 0 Å². The zero-order valence-electron chi connectivity index (χ0n) is 12.0. The third-order valence-corrected chi connectivity index (χ3v) is 3.70. The van der Waals surface area contributed by atoms with Crippen molar-refractivity contribution in [3.63, 3.8) is 0 Å². The van der Waals surface area contributed by atoms with E-state index in [4.69, 9.17) is 0 Å². The Morgan fingerprint density at radius 2 is 1.90 bits per heavy atom. The SMILES string of the molecule is CC(C)CC(CO)N1C(=O)CC(c2ccccc2)C1=O. The minimum absolute atomic E-state index is 0.169. The van der Waals surface area contributed by atoms with E-state index < -0.39 is 12.0 Å². The normalized spacial score (nSPS) is 20.8. The number of rotatable bonds is 5. The van der Waals surface area contributed by atoms with Crippen molar-refractivity contribution >= 4 is 11.8 Å². The van der Waals surface area contributed by atoms with Crippen LogP contribution >= 0.6 is 0 Å². The maximum atomic E-state index is 12.5. The number of aliphatic hydroxyl groups excluding tert-OH is 1. The molecule has 4 nitrogen and oxygen atoms in total. The number of likely N-dealkylation sites (tertiary alicyclic amines) is 1. The average Bonchev–Trinajstić information content (AvgIpc) is 2.72. The van der Waals surface area contributed by atoms with E-state index in [0.717, 1.165) is 5.56 Å². The number of amides is 2. The molecule has 1 saturated heterocycles. The Labute approximate surface area is 119 Å². The monoisotopic (exact) mass is 275 g/mol. The molecule has 2 rings (SSSR count). The smallest absolute Gasteiger partial charge is 0.237 e. The molecule has 0 bridgehead atoms. The second kappa shape index (κ2) is 6.18. The van der Waals surface area contributed by atoms with Crippen molar-refractivity contribution in [2.45, 2.75) is 38.6 Å². The lowest BCUT2D eigenvalue weighted by atomic mass is 9.97. The summed E-state index contributed by atoms with van der Waals surface area (Å²) in [5.41, 5.74) is 0.870. The number of carbonyl (C=O) groups is 2. The first-order valence-corrected chi connectivity index (χ1v) is 7.06. The molecule has 0 aliphatic carbocycles. The second-order valence-corrected chi connectivity index (χ2v) is 5.74. The molecule has 20 heavy (non-hydrogen) atoms. The predicted octanol–water partition coefficient (Wildman–Crippen LogP) is 1.94. The van der Waals surface area contributed by atoms with Gasteiger partial charge in [-0.05, 0) is 17.9 Å². The van der Waals surface area contributed by atoms with Crippen LogP contribution in [-0.2, 0) is 9.59 Å². The van der Waals surface area contributed by atoms with Gasteiger partial charge in [0.1, 0.15) is 0 Å². The van der Waals surface area contributed by atoms with E-state index in [2.05, 4.69) is 0 Å². The number of nitrogens with zero attached hydrogens (tertiary/aromatic N) is 1. The molecule has 1 aliphatic rings. The number of carbonyl (C=O) groups excluding carboxylic acids is 2. The Morgan fingerprint density at radius 1 is 1.25 bits per heavy atom. The molecule has 2 amide bonds. The molecule has 0 spiro atoms. The van der Waals surface area contributed by atoms with Gasteiger partial charge in [-0.15, -0.1) is 0 Å². The van der Waals surface area contributed by atoms with Gasteiger partial charge in [-0.2, -0.15) is 0 Å². The van der Waals surface area contributed by atoms with Gasteiger partial charge in [0.05, 0.1) is 18.6 Å². The lowest BCUT2D eigenvalue weighted by molar-refractivity contribution is -0.142. The van der Waals surface area contributed by atoms with Gasteiger partial charge < -0.3 is 5.11 Å². The summed E-state index contributed by atoms with van der Waals surface area (Å²) in [6.45, 7) is 3.86. The first-order chi connectivity index (χ1) is 9.54. The van der Waals surface area contributed by atoms with Crippen LogP contribution in [0, 0.1) is 5.92 Å². The molecule has 108 valence electrons. The van der Waals surface area contributed by atoms with Gasteiger partial charge in [-0.3, -0.25) is 14.5 Å². The van der Waals surface area contributed by atoms with Gasteiger partial charge in [0.2, 0.25) is 11.8 Å². The minimum atomic E-state index is -0.399. The maximum Gasteiger partial charge on any atom is 0.237 e. The van der Waals surface area contributed by atoms with Crippen LogP contribution in [0.15, 0.2) is 30.3 Å². The summed E-state index contributed by atoms with van der Waals surface area (Å²) in [7, 11) is 0. The molecule has 0 aromatic heterocycles. The molecule has 1 heterocycles. The summed E-state index contributed by atoms with van der Waals surface area (Å²) < 4.78 is 0. The topological polar surface area (TPSA) is 57.6 Å². The van der Waals surface area contributed by atoms with Crippen molar-refractivity contribution in [1.29, 1.82) is 0 Å². The average molecular weight is 275 g/mol. The molecular weight excluding hydrogens is 254 g/mol. The summed E-state index contributed by atoms with van der Waals surface area (Å²) in [5.74, 6) is -0.433. The Balaban J connectivity index is 2.20. The Hall–Kier alpha value is -1.68. The van der Waals surface area contributed by atoms with Crippen LogP contribution in [0.3, 0.4) is 0 Å². The standard InChI is InChI=1S/C16H21NO3/c1-11(2)8-13(10-18)17-15(19)9-14(16(17)20)12-6-4-3-5-7-12/h3-7,11,13-14,18H,8-10H2,1-2H3. The molecule has 2 atom stereocenters.